The fourth-order valence-corrected chi connectivity index (χ4v) is 1.91. The van der Waals surface area contributed by atoms with E-state index in [0.717, 1.165) is 16.3 Å². The van der Waals surface area contributed by atoms with Gasteiger partial charge in [-0.3, -0.25) is 10.1 Å². The summed E-state index contributed by atoms with van der Waals surface area (Å²) >= 11 is 0. The third kappa shape index (κ3) is 1.62. The molecule has 0 amide bonds. The van der Waals surface area contributed by atoms with Gasteiger partial charge >= 0.3 is 5.97 Å². The lowest BCUT2D eigenvalue weighted by Crippen LogP contribution is -1.95. The fourth-order valence-electron chi connectivity index (χ4n) is 1.91. The van der Waals surface area contributed by atoms with Gasteiger partial charge in [-0.05, 0) is 17.5 Å². The normalized spacial score (nSPS) is 10.7. The number of fused-ring (bicyclic) bond motifs is 1. The van der Waals surface area contributed by atoms with Crippen molar-refractivity contribution in [2.24, 2.45) is 0 Å². The molecular formula is C13H9N3O2. The van der Waals surface area contributed by atoms with Crippen molar-refractivity contribution in [3.05, 3.63) is 48.4 Å². The fraction of sp³-hybridized carbons (Fsp3) is 0. The van der Waals surface area contributed by atoms with Gasteiger partial charge in [0.05, 0.1) is 5.69 Å². The van der Waals surface area contributed by atoms with E-state index in [0.29, 0.717) is 5.69 Å². The number of H-pyrrole nitrogens is 1. The first-order valence-corrected chi connectivity index (χ1v) is 5.37. The van der Waals surface area contributed by atoms with Crippen LogP contribution in [0.5, 0.6) is 0 Å². The lowest BCUT2D eigenvalue weighted by Gasteiger charge is -2.02. The Morgan fingerprint density at radius 3 is 2.94 bits per heavy atom. The predicted octanol–water partition coefficient (Wildman–Crippen LogP) is 2.32. The molecule has 5 heteroatoms. The van der Waals surface area contributed by atoms with Crippen LogP contribution >= 0.6 is 0 Å². The van der Waals surface area contributed by atoms with Gasteiger partial charge in [0, 0.05) is 23.3 Å². The van der Waals surface area contributed by atoms with Gasteiger partial charge in [0.15, 0.2) is 0 Å². The summed E-state index contributed by atoms with van der Waals surface area (Å²) in [5.41, 5.74) is 1.54. The smallest absolute Gasteiger partial charge is 0.353 e. The Bertz CT molecular complexity index is 728. The molecule has 0 radical (unpaired) electrons. The molecule has 0 spiro atoms. The Morgan fingerprint density at radius 1 is 1.28 bits per heavy atom. The van der Waals surface area contributed by atoms with E-state index in [2.05, 4.69) is 15.2 Å². The van der Waals surface area contributed by atoms with Crippen LogP contribution in [0, 0.1) is 0 Å². The third-order valence-electron chi connectivity index (χ3n) is 2.77. The summed E-state index contributed by atoms with van der Waals surface area (Å²) in [6.45, 7) is 0. The third-order valence-corrected chi connectivity index (χ3v) is 2.77. The first kappa shape index (κ1) is 10.5. The van der Waals surface area contributed by atoms with Gasteiger partial charge in [0.1, 0.15) is 5.69 Å². The number of carboxylic acid groups (broad SMARTS) is 1. The minimum Gasteiger partial charge on any atom is -0.477 e. The van der Waals surface area contributed by atoms with E-state index in [1.54, 1.807) is 12.4 Å². The second kappa shape index (κ2) is 3.96. The van der Waals surface area contributed by atoms with Gasteiger partial charge in [-0.2, -0.15) is 5.10 Å². The number of aromatic nitrogens is 3. The lowest BCUT2D eigenvalue weighted by molar-refractivity contribution is 0.0690. The van der Waals surface area contributed by atoms with Gasteiger partial charge < -0.3 is 5.11 Å². The predicted molar refractivity (Wildman–Crippen MR) is 66.3 cm³/mol. The molecule has 2 aromatic heterocycles. The summed E-state index contributed by atoms with van der Waals surface area (Å²) in [5, 5.41) is 17.4. The molecule has 0 aliphatic rings. The van der Waals surface area contributed by atoms with Crippen molar-refractivity contribution in [2.45, 2.75) is 0 Å². The van der Waals surface area contributed by atoms with Crippen LogP contribution < -0.4 is 0 Å². The minimum absolute atomic E-state index is 0.0749. The molecule has 0 atom stereocenters. The maximum atomic E-state index is 10.8. The maximum absolute atomic E-state index is 10.8. The number of carboxylic acids is 1. The van der Waals surface area contributed by atoms with Crippen molar-refractivity contribution in [2.75, 3.05) is 0 Å². The molecule has 0 saturated carbocycles. The molecule has 2 heterocycles. The Balaban J connectivity index is 2.21. The highest BCUT2D eigenvalue weighted by Crippen LogP contribution is 2.26. The van der Waals surface area contributed by atoms with Gasteiger partial charge in [0.2, 0.25) is 0 Å². The molecule has 0 fully saturated rings. The highest BCUT2D eigenvalue weighted by atomic mass is 16.4. The number of carbonyl (C=O) groups is 1. The number of pyridine rings is 1. The van der Waals surface area contributed by atoms with E-state index in [1.165, 1.54) is 6.07 Å². The Kier molecular flexibility index (Phi) is 2.30. The average molecular weight is 239 g/mol. The van der Waals surface area contributed by atoms with Crippen molar-refractivity contribution in [1.82, 2.24) is 15.2 Å². The molecule has 0 unspecified atom stereocenters. The van der Waals surface area contributed by atoms with E-state index >= 15 is 0 Å². The van der Waals surface area contributed by atoms with Crippen LogP contribution in [-0.4, -0.2) is 26.3 Å². The SMILES string of the molecule is O=C(O)c1cc(-c2cccc3ccncc23)n[nH]1. The van der Waals surface area contributed by atoms with Crippen LogP contribution in [0.3, 0.4) is 0 Å². The van der Waals surface area contributed by atoms with Crippen molar-refractivity contribution >= 4 is 16.7 Å². The topological polar surface area (TPSA) is 78.9 Å². The monoisotopic (exact) mass is 239 g/mol. The number of aromatic amines is 1. The largest absolute Gasteiger partial charge is 0.477 e. The van der Waals surface area contributed by atoms with Crippen molar-refractivity contribution in [3.63, 3.8) is 0 Å². The molecule has 1 aromatic carbocycles. The molecular weight excluding hydrogens is 230 g/mol. The number of hydrogen-bond acceptors (Lipinski definition) is 3. The van der Waals surface area contributed by atoms with Gasteiger partial charge in [-0.1, -0.05) is 18.2 Å². The molecule has 0 bridgehead atoms. The number of rotatable bonds is 2. The van der Waals surface area contributed by atoms with Gasteiger partial charge in [-0.15, -0.1) is 0 Å². The molecule has 3 aromatic rings. The molecule has 0 saturated heterocycles. The number of hydrogen-bond donors (Lipinski definition) is 2. The first-order chi connectivity index (χ1) is 8.75. The van der Waals surface area contributed by atoms with Crippen molar-refractivity contribution < 1.29 is 9.90 Å². The zero-order valence-corrected chi connectivity index (χ0v) is 9.29. The molecule has 0 aliphatic carbocycles. The summed E-state index contributed by atoms with van der Waals surface area (Å²) in [7, 11) is 0. The standard InChI is InChI=1S/C13H9N3O2/c17-13(18)12-6-11(15-16-12)9-3-1-2-8-4-5-14-7-10(8)9/h1-7H,(H,15,16)(H,17,18). The molecule has 2 N–H and O–H groups in total. The van der Waals surface area contributed by atoms with Crippen LogP contribution in [0.15, 0.2) is 42.7 Å². The van der Waals surface area contributed by atoms with Crippen LogP contribution in [0.2, 0.25) is 0 Å². The molecule has 0 aliphatic heterocycles. The number of nitrogens with zero attached hydrogens (tertiary/aromatic N) is 2. The number of nitrogens with one attached hydrogen (secondary N) is 1. The highest BCUT2D eigenvalue weighted by Gasteiger charge is 2.11. The van der Waals surface area contributed by atoms with E-state index < -0.39 is 5.97 Å². The summed E-state index contributed by atoms with van der Waals surface area (Å²) in [6, 6.07) is 9.21. The summed E-state index contributed by atoms with van der Waals surface area (Å²) < 4.78 is 0. The maximum Gasteiger partial charge on any atom is 0.353 e. The van der Waals surface area contributed by atoms with Crippen LogP contribution in [0.4, 0.5) is 0 Å². The quantitative estimate of drug-likeness (QED) is 0.719. The van der Waals surface area contributed by atoms with E-state index in [1.807, 2.05) is 24.3 Å². The van der Waals surface area contributed by atoms with Crippen LogP contribution in [-0.2, 0) is 0 Å². The molecule has 3 rings (SSSR count). The second-order valence-electron chi connectivity index (χ2n) is 3.87. The van der Waals surface area contributed by atoms with Crippen LogP contribution in [0.25, 0.3) is 22.0 Å². The Labute approximate surface area is 102 Å². The number of aromatic carboxylic acids is 1. The molecule has 88 valence electrons. The first-order valence-electron chi connectivity index (χ1n) is 5.37. The highest BCUT2D eigenvalue weighted by molar-refractivity contribution is 5.96. The second-order valence-corrected chi connectivity index (χ2v) is 3.87. The molecule has 5 nitrogen and oxygen atoms in total. The van der Waals surface area contributed by atoms with Crippen molar-refractivity contribution in [3.8, 4) is 11.3 Å². The van der Waals surface area contributed by atoms with E-state index in [4.69, 9.17) is 5.11 Å². The van der Waals surface area contributed by atoms with E-state index in [9.17, 15) is 4.79 Å². The van der Waals surface area contributed by atoms with Crippen LogP contribution in [0.1, 0.15) is 10.5 Å². The molecule has 18 heavy (non-hydrogen) atoms. The summed E-state index contributed by atoms with van der Waals surface area (Å²) in [4.78, 5) is 14.9. The van der Waals surface area contributed by atoms with E-state index in [-0.39, 0.29) is 5.69 Å². The number of benzene rings is 1. The Hall–Kier alpha value is -2.69. The van der Waals surface area contributed by atoms with Gasteiger partial charge in [-0.25, -0.2) is 4.79 Å². The zero-order valence-electron chi connectivity index (χ0n) is 9.29. The summed E-state index contributed by atoms with van der Waals surface area (Å²) in [5.74, 6) is -1.02. The average Bonchev–Trinajstić information content (AvgIpc) is 2.87. The van der Waals surface area contributed by atoms with Crippen molar-refractivity contribution in [1.29, 1.82) is 0 Å². The minimum atomic E-state index is -1.02. The zero-order chi connectivity index (χ0) is 12.5. The Morgan fingerprint density at radius 2 is 2.17 bits per heavy atom. The summed E-state index contributed by atoms with van der Waals surface area (Å²) in [6.07, 6.45) is 3.47. The lowest BCUT2D eigenvalue weighted by atomic mass is 10.0. The van der Waals surface area contributed by atoms with Gasteiger partial charge in [0.25, 0.3) is 0 Å².